The minimum absolute atomic E-state index is 0.0685. The highest BCUT2D eigenvalue weighted by Crippen LogP contribution is 2.28. The van der Waals surface area contributed by atoms with Gasteiger partial charge in [-0.3, -0.25) is 14.4 Å². The second-order valence-electron chi connectivity index (χ2n) is 8.04. The van der Waals surface area contributed by atoms with E-state index in [4.69, 9.17) is 4.74 Å². The standard InChI is InChI=1S/C24H19FN6O6S/c1-36-24(35)19-5-3-13(38-19)9-27-23(34)17-7-16(30-21-14(25)10-28-31(17)21)22(33)26-8-12-2-4-18-15(6-12)29-20(32)11-37-18/h2-7,10H,8-9,11H2,1H3,(H,26,33)(H,27,34)(H,29,32). The molecule has 0 bridgehead atoms. The molecule has 4 heterocycles. The summed E-state index contributed by atoms with van der Waals surface area (Å²) in [5, 5.41) is 11.9. The van der Waals surface area contributed by atoms with Gasteiger partial charge in [-0.2, -0.15) is 5.10 Å². The Bertz CT molecular complexity index is 1600. The molecule has 0 spiro atoms. The van der Waals surface area contributed by atoms with Crippen molar-refractivity contribution in [1.82, 2.24) is 25.2 Å². The number of esters is 1. The molecule has 3 aromatic heterocycles. The lowest BCUT2D eigenvalue weighted by Gasteiger charge is -2.18. The van der Waals surface area contributed by atoms with Crippen molar-refractivity contribution in [1.29, 1.82) is 0 Å². The first-order chi connectivity index (χ1) is 18.3. The van der Waals surface area contributed by atoms with Gasteiger partial charge in [-0.05, 0) is 29.8 Å². The number of halogens is 1. The number of nitrogens with one attached hydrogen (secondary N) is 3. The molecule has 194 valence electrons. The van der Waals surface area contributed by atoms with E-state index in [1.165, 1.54) is 13.2 Å². The monoisotopic (exact) mass is 538 g/mol. The maximum atomic E-state index is 14.3. The number of nitrogens with zero attached hydrogens (tertiary/aromatic N) is 3. The summed E-state index contributed by atoms with van der Waals surface area (Å²) >= 11 is 1.15. The third-order valence-electron chi connectivity index (χ3n) is 5.50. The van der Waals surface area contributed by atoms with Crippen molar-refractivity contribution in [3.05, 3.63) is 75.1 Å². The molecule has 4 aromatic rings. The summed E-state index contributed by atoms with van der Waals surface area (Å²) < 4.78 is 25.3. The molecule has 12 nitrogen and oxygen atoms in total. The summed E-state index contributed by atoms with van der Waals surface area (Å²) in [5.74, 6) is -2.34. The normalized spacial score (nSPS) is 12.3. The Morgan fingerprint density at radius 1 is 1.16 bits per heavy atom. The summed E-state index contributed by atoms with van der Waals surface area (Å²) in [4.78, 5) is 54.1. The molecule has 3 amide bonds. The Morgan fingerprint density at radius 2 is 1.97 bits per heavy atom. The summed E-state index contributed by atoms with van der Waals surface area (Å²) in [6.07, 6.45) is 0.895. The van der Waals surface area contributed by atoms with Crippen LogP contribution in [0, 0.1) is 5.82 Å². The number of benzene rings is 1. The Morgan fingerprint density at radius 3 is 2.79 bits per heavy atom. The van der Waals surface area contributed by atoms with Gasteiger partial charge in [-0.15, -0.1) is 11.3 Å². The fourth-order valence-electron chi connectivity index (χ4n) is 3.67. The average Bonchev–Trinajstić information content (AvgIpc) is 3.56. The van der Waals surface area contributed by atoms with Crippen LogP contribution >= 0.6 is 11.3 Å². The van der Waals surface area contributed by atoms with Gasteiger partial charge in [0.15, 0.2) is 18.1 Å². The summed E-state index contributed by atoms with van der Waals surface area (Å²) in [6, 6.07) is 9.52. The lowest BCUT2D eigenvalue weighted by molar-refractivity contribution is -0.118. The molecule has 3 N–H and O–H groups in total. The Kier molecular flexibility index (Phi) is 6.70. The van der Waals surface area contributed by atoms with E-state index in [2.05, 4.69) is 30.8 Å². The number of amides is 3. The smallest absolute Gasteiger partial charge is 0.348 e. The fraction of sp³-hybridized carbons (Fsp3) is 0.167. The highest BCUT2D eigenvalue weighted by molar-refractivity contribution is 7.13. The quantitative estimate of drug-likeness (QED) is 0.302. The predicted molar refractivity (Wildman–Crippen MR) is 132 cm³/mol. The number of carbonyl (C=O) groups is 4. The lowest BCUT2D eigenvalue weighted by Crippen LogP contribution is -2.28. The average molecular weight is 539 g/mol. The van der Waals surface area contributed by atoms with Gasteiger partial charge in [-0.1, -0.05) is 6.07 Å². The number of anilines is 1. The Labute approximate surface area is 217 Å². The maximum absolute atomic E-state index is 14.3. The van der Waals surface area contributed by atoms with Crippen LogP contribution in [0.15, 0.2) is 42.6 Å². The topological polar surface area (TPSA) is 153 Å². The van der Waals surface area contributed by atoms with Gasteiger partial charge in [0.05, 0.1) is 25.5 Å². The van der Waals surface area contributed by atoms with Gasteiger partial charge in [0.25, 0.3) is 17.7 Å². The number of methoxy groups -OCH3 is 1. The largest absolute Gasteiger partial charge is 0.482 e. The van der Waals surface area contributed by atoms with E-state index in [1.807, 2.05) is 0 Å². The van der Waals surface area contributed by atoms with Crippen molar-refractivity contribution >= 4 is 46.4 Å². The van der Waals surface area contributed by atoms with Gasteiger partial charge in [-0.25, -0.2) is 18.7 Å². The first-order valence-electron chi connectivity index (χ1n) is 11.2. The molecular weight excluding hydrogens is 519 g/mol. The third kappa shape index (κ3) is 5.01. The van der Waals surface area contributed by atoms with Crippen molar-refractivity contribution in [3.63, 3.8) is 0 Å². The second kappa shape index (κ2) is 10.3. The number of ether oxygens (including phenoxy) is 2. The third-order valence-corrected chi connectivity index (χ3v) is 6.56. The Hall–Kier alpha value is -4.85. The zero-order valence-corrected chi connectivity index (χ0v) is 20.6. The molecule has 0 fully saturated rings. The van der Waals surface area contributed by atoms with Crippen LogP contribution < -0.4 is 20.7 Å². The molecular formula is C24H19FN6O6S. The number of rotatable bonds is 7. The first kappa shape index (κ1) is 24.8. The molecule has 5 rings (SSSR count). The second-order valence-corrected chi connectivity index (χ2v) is 9.21. The van der Waals surface area contributed by atoms with E-state index >= 15 is 0 Å². The van der Waals surface area contributed by atoms with E-state index in [0.717, 1.165) is 22.0 Å². The van der Waals surface area contributed by atoms with E-state index in [-0.39, 0.29) is 42.6 Å². The molecule has 0 atom stereocenters. The van der Waals surface area contributed by atoms with E-state index in [9.17, 15) is 23.6 Å². The van der Waals surface area contributed by atoms with E-state index in [0.29, 0.717) is 26.8 Å². The van der Waals surface area contributed by atoms with Crippen LogP contribution in [-0.4, -0.2) is 52.0 Å². The molecule has 0 saturated heterocycles. The van der Waals surface area contributed by atoms with Crippen LogP contribution in [-0.2, 0) is 22.6 Å². The van der Waals surface area contributed by atoms with Crippen molar-refractivity contribution < 1.29 is 33.0 Å². The molecule has 38 heavy (non-hydrogen) atoms. The van der Waals surface area contributed by atoms with Crippen molar-refractivity contribution in [2.75, 3.05) is 19.0 Å². The summed E-state index contributed by atoms with van der Waals surface area (Å²) in [6.45, 7) is 0.0767. The van der Waals surface area contributed by atoms with Gasteiger partial charge in [0.2, 0.25) is 0 Å². The molecule has 1 aliphatic rings. The zero-order chi connectivity index (χ0) is 26.8. The molecule has 1 aliphatic heterocycles. The van der Waals surface area contributed by atoms with Crippen molar-refractivity contribution in [3.8, 4) is 5.75 Å². The predicted octanol–water partition coefficient (Wildman–Crippen LogP) is 1.91. The van der Waals surface area contributed by atoms with Crippen molar-refractivity contribution in [2.24, 2.45) is 0 Å². The number of fused-ring (bicyclic) bond motifs is 2. The molecule has 0 saturated carbocycles. The maximum Gasteiger partial charge on any atom is 0.348 e. The van der Waals surface area contributed by atoms with Gasteiger partial charge in [0, 0.05) is 17.5 Å². The van der Waals surface area contributed by atoms with Gasteiger partial charge < -0.3 is 25.4 Å². The molecule has 1 aromatic carbocycles. The van der Waals surface area contributed by atoms with E-state index in [1.54, 1.807) is 30.3 Å². The minimum Gasteiger partial charge on any atom is -0.482 e. The number of carbonyl (C=O) groups excluding carboxylic acids is 4. The van der Waals surface area contributed by atoms with Crippen LogP contribution in [0.1, 0.15) is 41.1 Å². The summed E-state index contributed by atoms with van der Waals surface area (Å²) in [5.41, 5.74) is 0.556. The van der Waals surface area contributed by atoms with Crippen LogP contribution in [0.25, 0.3) is 5.65 Å². The van der Waals surface area contributed by atoms with Gasteiger partial charge >= 0.3 is 5.97 Å². The lowest BCUT2D eigenvalue weighted by atomic mass is 10.1. The van der Waals surface area contributed by atoms with Gasteiger partial charge in [0.1, 0.15) is 22.0 Å². The number of hydrogen-bond donors (Lipinski definition) is 3. The highest BCUT2D eigenvalue weighted by atomic mass is 32.1. The van der Waals surface area contributed by atoms with Crippen molar-refractivity contribution in [2.45, 2.75) is 13.1 Å². The molecule has 14 heteroatoms. The van der Waals surface area contributed by atoms with Crippen LogP contribution in [0.4, 0.5) is 10.1 Å². The van der Waals surface area contributed by atoms with Crippen LogP contribution in [0.3, 0.4) is 0 Å². The SMILES string of the molecule is COC(=O)c1ccc(CNC(=O)c2cc(C(=O)NCc3ccc4c(c3)NC(=O)CO4)nc3c(F)cnn23)s1. The Balaban J connectivity index is 1.32. The number of hydrogen-bond acceptors (Lipinski definition) is 9. The first-order valence-corrected chi connectivity index (χ1v) is 12.0. The zero-order valence-electron chi connectivity index (χ0n) is 19.7. The fourth-order valence-corrected chi connectivity index (χ4v) is 4.53. The van der Waals surface area contributed by atoms with Crippen LogP contribution in [0.2, 0.25) is 0 Å². The molecule has 0 unspecified atom stereocenters. The van der Waals surface area contributed by atoms with E-state index < -0.39 is 23.6 Å². The molecule has 0 radical (unpaired) electrons. The molecule has 0 aliphatic carbocycles. The number of aromatic nitrogens is 3. The minimum atomic E-state index is -0.805. The summed E-state index contributed by atoms with van der Waals surface area (Å²) in [7, 11) is 1.27. The number of thiophene rings is 1. The van der Waals surface area contributed by atoms with Crippen LogP contribution in [0.5, 0.6) is 5.75 Å². The highest BCUT2D eigenvalue weighted by Gasteiger charge is 2.21.